The van der Waals surface area contributed by atoms with Crippen LogP contribution in [0.4, 0.5) is 0 Å². The molecule has 7 nitrogen and oxygen atoms in total. The summed E-state index contributed by atoms with van der Waals surface area (Å²) < 4.78 is 12.1. The van der Waals surface area contributed by atoms with E-state index in [0.29, 0.717) is 28.3 Å². The zero-order chi connectivity index (χ0) is 22.7. The molecule has 2 aromatic heterocycles. The van der Waals surface area contributed by atoms with E-state index in [1.54, 1.807) is 49.6 Å². The summed E-state index contributed by atoms with van der Waals surface area (Å²) >= 11 is 0. The lowest BCUT2D eigenvalue weighted by Gasteiger charge is -2.32. The molecule has 168 valence electrons. The Kier molecular flexibility index (Phi) is 7.03. The van der Waals surface area contributed by atoms with Crippen LogP contribution in [0.3, 0.4) is 0 Å². The Balaban J connectivity index is 1.95. The predicted molar refractivity (Wildman–Crippen MR) is 116 cm³/mol. The molecule has 0 saturated heterocycles. The van der Waals surface area contributed by atoms with E-state index < -0.39 is 12.0 Å². The highest BCUT2D eigenvalue weighted by Crippen LogP contribution is 2.29. The van der Waals surface area contributed by atoms with Crippen molar-refractivity contribution in [3.63, 3.8) is 0 Å². The van der Waals surface area contributed by atoms with Crippen LogP contribution in [0.25, 0.3) is 0 Å². The van der Waals surface area contributed by atoms with Crippen LogP contribution in [-0.4, -0.2) is 40.3 Å². The highest BCUT2D eigenvalue weighted by molar-refractivity contribution is 6.06. The third kappa shape index (κ3) is 4.45. The maximum atomic E-state index is 13.6. The molecule has 1 atom stereocenters. The number of nitrogens with zero attached hydrogens (tertiary/aromatic N) is 2. The van der Waals surface area contributed by atoms with Gasteiger partial charge in [0.2, 0.25) is 5.91 Å². The Bertz CT molecular complexity index is 951. The standard InChI is InChI=1S/C24H32N2O5/c1-15-20(16(2)25(4)21(15)24(29)30-5)22(27)17(3)26(14-19-12-9-13-31-19)23(28)18-10-7-6-8-11-18/h9,12-13,17-18H,6-8,10-11,14H2,1-5H3/t17-/m1/s1. The number of ether oxygens (including phenoxy) is 1. The number of methoxy groups -OCH3 is 1. The van der Waals surface area contributed by atoms with E-state index in [-0.39, 0.29) is 24.2 Å². The first-order valence-electron chi connectivity index (χ1n) is 10.9. The lowest BCUT2D eigenvalue weighted by Crippen LogP contribution is -2.46. The first-order chi connectivity index (χ1) is 14.8. The van der Waals surface area contributed by atoms with Crippen molar-refractivity contribution in [3.05, 3.63) is 46.7 Å². The maximum Gasteiger partial charge on any atom is 0.354 e. The fourth-order valence-corrected chi connectivity index (χ4v) is 4.64. The third-order valence-electron chi connectivity index (χ3n) is 6.55. The van der Waals surface area contributed by atoms with Gasteiger partial charge in [-0.2, -0.15) is 0 Å². The summed E-state index contributed by atoms with van der Waals surface area (Å²) in [7, 11) is 3.06. The Hall–Kier alpha value is -2.83. The zero-order valence-electron chi connectivity index (χ0n) is 19.1. The van der Waals surface area contributed by atoms with Crippen LogP contribution in [0.5, 0.6) is 0 Å². The fourth-order valence-electron chi connectivity index (χ4n) is 4.64. The summed E-state index contributed by atoms with van der Waals surface area (Å²) in [6.45, 7) is 5.55. The van der Waals surface area contributed by atoms with Gasteiger partial charge < -0.3 is 18.6 Å². The van der Waals surface area contributed by atoms with Gasteiger partial charge in [0.05, 0.1) is 26.0 Å². The van der Waals surface area contributed by atoms with Crippen molar-refractivity contribution < 1.29 is 23.5 Å². The molecule has 1 saturated carbocycles. The summed E-state index contributed by atoms with van der Waals surface area (Å²) in [4.78, 5) is 41.0. The molecular weight excluding hydrogens is 396 g/mol. The van der Waals surface area contributed by atoms with Gasteiger partial charge in [0.25, 0.3) is 0 Å². The molecule has 0 N–H and O–H groups in total. The van der Waals surface area contributed by atoms with Gasteiger partial charge in [0.15, 0.2) is 5.78 Å². The molecule has 1 fully saturated rings. The normalized spacial score (nSPS) is 15.5. The molecular formula is C24H32N2O5. The Morgan fingerprint density at radius 2 is 1.90 bits per heavy atom. The number of furan rings is 1. The number of hydrogen-bond donors (Lipinski definition) is 0. The summed E-state index contributed by atoms with van der Waals surface area (Å²) in [6, 6.07) is 2.90. The fraction of sp³-hybridized carbons (Fsp3) is 0.542. The van der Waals surface area contributed by atoms with E-state index in [9.17, 15) is 14.4 Å². The molecule has 0 aromatic carbocycles. The topological polar surface area (TPSA) is 81.8 Å². The molecule has 0 aliphatic heterocycles. The molecule has 0 bridgehead atoms. The van der Waals surface area contributed by atoms with Crippen molar-refractivity contribution in [2.75, 3.05) is 7.11 Å². The van der Waals surface area contributed by atoms with Crippen molar-refractivity contribution in [2.24, 2.45) is 13.0 Å². The minimum Gasteiger partial charge on any atom is -0.467 e. The second-order valence-corrected chi connectivity index (χ2v) is 8.41. The maximum absolute atomic E-state index is 13.6. The van der Waals surface area contributed by atoms with Gasteiger partial charge in [-0.1, -0.05) is 19.3 Å². The summed E-state index contributed by atoms with van der Waals surface area (Å²) in [5.41, 5.74) is 2.08. The molecule has 1 amide bonds. The van der Waals surface area contributed by atoms with Crippen molar-refractivity contribution in [1.29, 1.82) is 0 Å². The van der Waals surface area contributed by atoms with Gasteiger partial charge in [-0.15, -0.1) is 0 Å². The average molecular weight is 429 g/mol. The van der Waals surface area contributed by atoms with Crippen molar-refractivity contribution in [1.82, 2.24) is 9.47 Å². The molecule has 1 aliphatic rings. The molecule has 3 rings (SSSR count). The van der Waals surface area contributed by atoms with E-state index in [0.717, 1.165) is 32.1 Å². The van der Waals surface area contributed by atoms with Crippen LogP contribution in [0, 0.1) is 19.8 Å². The monoisotopic (exact) mass is 428 g/mol. The number of hydrogen-bond acceptors (Lipinski definition) is 5. The Labute approximate surface area is 183 Å². The van der Waals surface area contributed by atoms with E-state index in [1.165, 1.54) is 7.11 Å². The summed E-state index contributed by atoms with van der Waals surface area (Å²) in [5.74, 6) is -0.100. The molecule has 2 aromatic rings. The van der Waals surface area contributed by atoms with Crippen LogP contribution in [0.15, 0.2) is 22.8 Å². The van der Waals surface area contributed by atoms with Gasteiger partial charge in [0.1, 0.15) is 11.5 Å². The lowest BCUT2D eigenvalue weighted by atomic mass is 9.87. The van der Waals surface area contributed by atoms with Crippen LogP contribution in [0.2, 0.25) is 0 Å². The number of esters is 1. The van der Waals surface area contributed by atoms with Crippen molar-refractivity contribution >= 4 is 17.7 Å². The second-order valence-electron chi connectivity index (χ2n) is 8.41. The summed E-state index contributed by atoms with van der Waals surface area (Å²) in [6.07, 6.45) is 6.49. The van der Waals surface area contributed by atoms with Crippen molar-refractivity contribution in [2.45, 2.75) is 65.5 Å². The van der Waals surface area contributed by atoms with Crippen LogP contribution < -0.4 is 0 Å². The van der Waals surface area contributed by atoms with Crippen LogP contribution in [-0.2, 0) is 23.1 Å². The molecule has 0 unspecified atom stereocenters. The van der Waals surface area contributed by atoms with E-state index >= 15 is 0 Å². The largest absolute Gasteiger partial charge is 0.467 e. The van der Waals surface area contributed by atoms with E-state index in [2.05, 4.69) is 0 Å². The van der Waals surface area contributed by atoms with E-state index in [1.807, 2.05) is 6.07 Å². The SMILES string of the molecule is COC(=O)c1c(C)c(C(=O)[C@@H](C)N(Cc2ccco2)C(=O)C2CCCCC2)c(C)n1C. The first kappa shape index (κ1) is 22.8. The van der Waals surface area contributed by atoms with E-state index in [4.69, 9.17) is 9.15 Å². The first-order valence-corrected chi connectivity index (χ1v) is 10.9. The smallest absolute Gasteiger partial charge is 0.354 e. The molecule has 31 heavy (non-hydrogen) atoms. The minimum absolute atomic E-state index is 0.00335. The molecule has 7 heteroatoms. The molecule has 0 spiro atoms. The molecule has 0 radical (unpaired) electrons. The highest BCUT2D eigenvalue weighted by atomic mass is 16.5. The van der Waals surface area contributed by atoms with Gasteiger partial charge in [-0.25, -0.2) is 4.79 Å². The van der Waals surface area contributed by atoms with Crippen LogP contribution >= 0.6 is 0 Å². The van der Waals surface area contributed by atoms with Gasteiger partial charge in [0, 0.05) is 24.2 Å². The molecule has 2 heterocycles. The van der Waals surface area contributed by atoms with Crippen molar-refractivity contribution in [3.8, 4) is 0 Å². The predicted octanol–water partition coefficient (Wildman–Crippen LogP) is 4.20. The number of carbonyl (C=O) groups is 3. The molecule has 1 aliphatic carbocycles. The number of aromatic nitrogens is 1. The minimum atomic E-state index is -0.690. The zero-order valence-corrected chi connectivity index (χ0v) is 19.1. The number of carbonyl (C=O) groups excluding carboxylic acids is 3. The Morgan fingerprint density at radius 1 is 1.23 bits per heavy atom. The lowest BCUT2D eigenvalue weighted by molar-refractivity contribution is -0.138. The van der Waals surface area contributed by atoms with Gasteiger partial charge in [-0.05, 0) is 51.3 Å². The summed E-state index contributed by atoms with van der Waals surface area (Å²) in [5, 5.41) is 0. The second kappa shape index (κ2) is 9.54. The number of ketones is 1. The van der Waals surface area contributed by atoms with Gasteiger partial charge in [-0.3, -0.25) is 9.59 Å². The quantitative estimate of drug-likeness (QED) is 0.488. The third-order valence-corrected chi connectivity index (χ3v) is 6.55. The van der Waals surface area contributed by atoms with Crippen LogP contribution in [0.1, 0.15) is 76.9 Å². The average Bonchev–Trinajstić information content (AvgIpc) is 3.37. The highest BCUT2D eigenvalue weighted by Gasteiger charge is 2.35. The number of Topliss-reactive ketones (excluding diaryl/α,β-unsaturated/α-hetero) is 1. The Morgan fingerprint density at radius 3 is 2.48 bits per heavy atom. The number of amides is 1. The van der Waals surface area contributed by atoms with Gasteiger partial charge >= 0.3 is 5.97 Å². The number of rotatable bonds is 7.